The third kappa shape index (κ3) is 4.36. The molecular weight excluding hydrogens is 368 g/mol. The molecule has 0 amide bonds. The quantitative estimate of drug-likeness (QED) is 0.514. The van der Waals surface area contributed by atoms with Gasteiger partial charge in [0, 0.05) is 32.7 Å². The third-order valence-electron chi connectivity index (χ3n) is 4.82. The highest BCUT2D eigenvalue weighted by Crippen LogP contribution is 2.22. The Morgan fingerprint density at radius 2 is 1.96 bits per heavy atom. The Morgan fingerprint density at radius 3 is 2.68 bits per heavy atom. The number of nitrogens with one attached hydrogen (secondary N) is 2. The number of nitrogens with zero attached hydrogens (tertiary/aromatic N) is 4. The minimum Gasteiger partial charge on any atom is -0.360 e. The lowest BCUT2D eigenvalue weighted by Crippen LogP contribution is -2.52. The van der Waals surface area contributed by atoms with Crippen molar-refractivity contribution in [2.24, 2.45) is 4.99 Å². The molecule has 2 aromatic heterocycles. The van der Waals surface area contributed by atoms with Gasteiger partial charge in [-0.1, -0.05) is 30.3 Å². The summed E-state index contributed by atoms with van der Waals surface area (Å²) >= 11 is 1.81. The number of benzene rings is 1. The van der Waals surface area contributed by atoms with Gasteiger partial charge in [-0.2, -0.15) is 0 Å². The van der Waals surface area contributed by atoms with Crippen LogP contribution in [0.1, 0.15) is 12.7 Å². The highest BCUT2D eigenvalue weighted by molar-refractivity contribution is 7.14. The van der Waals surface area contributed by atoms with Gasteiger partial charge in [0.1, 0.15) is 12.4 Å². The molecule has 0 bridgehead atoms. The molecule has 1 aliphatic rings. The summed E-state index contributed by atoms with van der Waals surface area (Å²) in [6.45, 7) is 7.48. The molecule has 0 spiro atoms. The normalized spacial score (nSPS) is 15.1. The lowest BCUT2D eigenvalue weighted by Gasteiger charge is -2.37. The first-order valence-corrected chi connectivity index (χ1v) is 10.6. The Labute approximate surface area is 169 Å². The average molecular weight is 395 g/mol. The predicted octanol–water partition coefficient (Wildman–Crippen LogP) is 3.43. The Hall–Kier alpha value is -2.80. The van der Waals surface area contributed by atoms with Crippen molar-refractivity contribution < 1.29 is 0 Å². The number of aliphatic imine (C=N–C) groups is 1. The van der Waals surface area contributed by atoms with Gasteiger partial charge in [0.05, 0.1) is 16.9 Å². The van der Waals surface area contributed by atoms with Crippen molar-refractivity contribution in [1.29, 1.82) is 0 Å². The number of anilines is 1. The molecule has 3 heterocycles. The van der Waals surface area contributed by atoms with Crippen molar-refractivity contribution >= 4 is 22.3 Å². The van der Waals surface area contributed by atoms with E-state index in [0.717, 1.165) is 55.8 Å². The minimum absolute atomic E-state index is 0.542. The van der Waals surface area contributed by atoms with Crippen LogP contribution in [0, 0.1) is 0 Å². The van der Waals surface area contributed by atoms with E-state index in [0.29, 0.717) is 6.54 Å². The smallest absolute Gasteiger partial charge is 0.194 e. The number of piperazine rings is 1. The third-order valence-corrected chi connectivity index (χ3v) is 5.75. The molecule has 4 rings (SSSR count). The number of H-pyrrole nitrogens is 1. The van der Waals surface area contributed by atoms with E-state index >= 15 is 0 Å². The number of thiophene rings is 1. The predicted molar refractivity (Wildman–Crippen MR) is 117 cm³/mol. The summed E-state index contributed by atoms with van der Waals surface area (Å²) in [6, 6.07) is 14.6. The van der Waals surface area contributed by atoms with Gasteiger partial charge in [0.2, 0.25) is 0 Å². The van der Waals surface area contributed by atoms with E-state index in [2.05, 4.69) is 61.7 Å². The summed E-state index contributed by atoms with van der Waals surface area (Å²) in [5, 5.41) is 6.92. The number of hydrogen-bond acceptors (Lipinski definition) is 4. The van der Waals surface area contributed by atoms with Gasteiger partial charge in [-0.25, -0.2) is 9.98 Å². The molecular formula is C21H26N6S. The van der Waals surface area contributed by atoms with E-state index in [4.69, 9.17) is 4.99 Å². The Morgan fingerprint density at radius 1 is 1.14 bits per heavy atom. The van der Waals surface area contributed by atoms with Crippen LogP contribution >= 0.6 is 11.3 Å². The second kappa shape index (κ2) is 8.93. The van der Waals surface area contributed by atoms with E-state index in [9.17, 15) is 0 Å². The fourth-order valence-corrected chi connectivity index (χ4v) is 4.16. The van der Waals surface area contributed by atoms with Crippen molar-refractivity contribution in [3.63, 3.8) is 0 Å². The van der Waals surface area contributed by atoms with Crippen LogP contribution in [0.15, 0.2) is 59.0 Å². The molecule has 1 fully saturated rings. The average Bonchev–Trinajstić information content (AvgIpc) is 3.44. The van der Waals surface area contributed by atoms with Crippen molar-refractivity contribution in [2.75, 3.05) is 37.6 Å². The highest BCUT2D eigenvalue weighted by Gasteiger charge is 2.20. The lowest BCUT2D eigenvalue weighted by atomic mass is 10.2. The molecule has 1 aromatic carbocycles. The van der Waals surface area contributed by atoms with Gasteiger partial charge in [-0.3, -0.25) is 0 Å². The van der Waals surface area contributed by atoms with Crippen molar-refractivity contribution in [3.05, 3.63) is 59.9 Å². The maximum atomic E-state index is 4.82. The van der Waals surface area contributed by atoms with Crippen molar-refractivity contribution in [2.45, 2.75) is 13.5 Å². The topological polar surface area (TPSA) is 59.6 Å². The Balaban J connectivity index is 1.39. The lowest BCUT2D eigenvalue weighted by molar-refractivity contribution is 0.373. The zero-order valence-electron chi connectivity index (χ0n) is 16.1. The Kier molecular flexibility index (Phi) is 5.92. The highest BCUT2D eigenvalue weighted by atomic mass is 32.1. The van der Waals surface area contributed by atoms with Crippen molar-refractivity contribution in [3.8, 4) is 11.3 Å². The van der Waals surface area contributed by atoms with E-state index in [1.807, 2.05) is 24.4 Å². The maximum absolute atomic E-state index is 4.82. The van der Waals surface area contributed by atoms with Crippen LogP contribution in [0.25, 0.3) is 11.3 Å². The number of guanidine groups is 1. The first-order valence-electron chi connectivity index (χ1n) is 9.74. The number of hydrogen-bond donors (Lipinski definition) is 2. The second-order valence-corrected chi connectivity index (χ2v) is 7.63. The molecule has 0 radical (unpaired) electrons. The van der Waals surface area contributed by atoms with E-state index in [1.165, 1.54) is 5.00 Å². The summed E-state index contributed by atoms with van der Waals surface area (Å²) in [5.74, 6) is 1.84. The summed E-state index contributed by atoms with van der Waals surface area (Å²) in [5.41, 5.74) is 2.17. The molecule has 0 unspecified atom stereocenters. The molecule has 0 saturated carbocycles. The molecule has 1 saturated heterocycles. The zero-order valence-corrected chi connectivity index (χ0v) is 17.0. The van der Waals surface area contributed by atoms with Crippen LogP contribution in [0.5, 0.6) is 0 Å². The van der Waals surface area contributed by atoms with Crippen LogP contribution in [0.3, 0.4) is 0 Å². The molecule has 3 aromatic rings. The molecule has 7 heteroatoms. The number of rotatable bonds is 5. The number of aromatic nitrogens is 2. The van der Waals surface area contributed by atoms with Gasteiger partial charge in [0.15, 0.2) is 5.96 Å². The summed E-state index contributed by atoms with van der Waals surface area (Å²) < 4.78 is 0. The molecule has 146 valence electrons. The largest absolute Gasteiger partial charge is 0.360 e. The standard InChI is InChI=1S/C21H26N6S/c1-2-22-21(27-12-10-26(11-13-27)20-9-6-14-28-20)24-16-19-23-15-18(25-19)17-7-4-3-5-8-17/h3-9,14-15H,2,10-13,16H2,1H3,(H,22,24)(H,23,25). The molecule has 0 aliphatic carbocycles. The molecule has 0 atom stereocenters. The maximum Gasteiger partial charge on any atom is 0.194 e. The van der Waals surface area contributed by atoms with E-state index in [1.54, 1.807) is 11.3 Å². The van der Waals surface area contributed by atoms with E-state index in [-0.39, 0.29) is 0 Å². The first-order chi connectivity index (χ1) is 13.8. The van der Waals surface area contributed by atoms with Gasteiger partial charge in [-0.05, 0) is 30.0 Å². The summed E-state index contributed by atoms with van der Waals surface area (Å²) in [6.07, 6.45) is 1.88. The molecule has 6 nitrogen and oxygen atoms in total. The monoisotopic (exact) mass is 394 g/mol. The van der Waals surface area contributed by atoms with Gasteiger partial charge in [-0.15, -0.1) is 11.3 Å². The molecule has 28 heavy (non-hydrogen) atoms. The van der Waals surface area contributed by atoms with Gasteiger partial charge in [0.25, 0.3) is 0 Å². The van der Waals surface area contributed by atoms with Crippen LogP contribution in [-0.4, -0.2) is 53.6 Å². The van der Waals surface area contributed by atoms with Crippen LogP contribution in [0.2, 0.25) is 0 Å². The first kappa shape index (κ1) is 18.6. The van der Waals surface area contributed by atoms with Gasteiger partial charge >= 0.3 is 0 Å². The SMILES string of the molecule is CCNC(=NCc1ncc(-c2ccccc2)[nH]1)N1CCN(c2cccs2)CC1. The zero-order chi connectivity index (χ0) is 19.2. The fraction of sp³-hybridized carbons (Fsp3) is 0.333. The van der Waals surface area contributed by atoms with Crippen LogP contribution in [0.4, 0.5) is 5.00 Å². The molecule has 1 aliphatic heterocycles. The minimum atomic E-state index is 0.542. The van der Waals surface area contributed by atoms with Gasteiger partial charge < -0.3 is 20.1 Å². The number of aromatic amines is 1. The van der Waals surface area contributed by atoms with Crippen LogP contribution < -0.4 is 10.2 Å². The summed E-state index contributed by atoms with van der Waals surface area (Å²) in [7, 11) is 0. The van der Waals surface area contributed by atoms with Crippen LogP contribution in [-0.2, 0) is 6.54 Å². The fourth-order valence-electron chi connectivity index (χ4n) is 3.37. The second-order valence-electron chi connectivity index (χ2n) is 6.71. The summed E-state index contributed by atoms with van der Waals surface area (Å²) in [4.78, 5) is 17.5. The number of imidazole rings is 1. The van der Waals surface area contributed by atoms with Crippen molar-refractivity contribution in [1.82, 2.24) is 20.2 Å². The van der Waals surface area contributed by atoms with E-state index < -0.39 is 0 Å². The molecule has 2 N–H and O–H groups in total. The Bertz CT molecular complexity index is 879.